The maximum Gasteiger partial charge on any atom is 0.258 e. The Labute approximate surface area is 166 Å². The van der Waals surface area contributed by atoms with Crippen LogP contribution in [0.3, 0.4) is 0 Å². The molecule has 2 aromatic rings. The third kappa shape index (κ3) is 2.96. The molecule has 1 aromatic heterocycles. The van der Waals surface area contributed by atoms with E-state index in [4.69, 9.17) is 20.8 Å². The Balaban J connectivity index is 1.13. The van der Waals surface area contributed by atoms with Crippen LogP contribution in [0.5, 0.6) is 5.75 Å². The molecule has 4 saturated carbocycles. The third-order valence-electron chi connectivity index (χ3n) is 6.31. The molecule has 1 aromatic carbocycles. The number of amides is 1. The largest absolute Gasteiger partial charge is 0.484 e. The Hall–Kier alpha value is -2.15. The predicted molar refractivity (Wildman–Crippen MR) is 98.7 cm³/mol. The van der Waals surface area contributed by atoms with Gasteiger partial charge in [-0.3, -0.25) is 4.79 Å². The van der Waals surface area contributed by atoms with Gasteiger partial charge in [-0.2, -0.15) is 0 Å². The lowest BCUT2D eigenvalue weighted by Gasteiger charge is -2.68. The Morgan fingerprint density at radius 1 is 1.39 bits per heavy atom. The normalized spacial score (nSPS) is 28.8. The standard InChI is InChI=1S/C20H21ClFN3O3/c1-11(12-2-3-12)17-24-25-18(28-17)19-8-20(9-19,10-19)23-16(26)7-27-13-4-5-14(21)15(22)6-13/h4-6,11-12H,2-3,7-10H2,1H3,(H,23,26). The van der Waals surface area contributed by atoms with Gasteiger partial charge < -0.3 is 14.5 Å². The van der Waals surface area contributed by atoms with Crippen molar-refractivity contribution in [2.24, 2.45) is 5.92 Å². The third-order valence-corrected chi connectivity index (χ3v) is 6.62. The topological polar surface area (TPSA) is 77.2 Å². The smallest absolute Gasteiger partial charge is 0.258 e. The van der Waals surface area contributed by atoms with Crippen LogP contribution >= 0.6 is 11.6 Å². The summed E-state index contributed by atoms with van der Waals surface area (Å²) in [7, 11) is 0. The van der Waals surface area contributed by atoms with Crippen molar-refractivity contribution >= 4 is 17.5 Å². The van der Waals surface area contributed by atoms with Gasteiger partial charge in [-0.1, -0.05) is 18.5 Å². The first-order valence-corrected chi connectivity index (χ1v) is 9.99. The summed E-state index contributed by atoms with van der Waals surface area (Å²) in [6, 6.07) is 4.10. The molecule has 1 unspecified atom stereocenters. The van der Waals surface area contributed by atoms with Gasteiger partial charge in [0.15, 0.2) is 6.61 Å². The molecule has 6 rings (SSSR count). The van der Waals surface area contributed by atoms with Gasteiger partial charge in [0.2, 0.25) is 11.8 Å². The first kappa shape index (κ1) is 17.9. The molecule has 0 spiro atoms. The lowest BCUT2D eigenvalue weighted by atomic mass is 9.39. The number of nitrogens with one attached hydrogen (secondary N) is 1. The zero-order valence-corrected chi connectivity index (χ0v) is 16.3. The van der Waals surface area contributed by atoms with Crippen molar-refractivity contribution in [2.45, 2.75) is 55.9 Å². The molecule has 8 heteroatoms. The monoisotopic (exact) mass is 405 g/mol. The number of carbonyl (C=O) groups excluding carboxylic acids is 1. The molecule has 28 heavy (non-hydrogen) atoms. The first-order chi connectivity index (χ1) is 13.4. The summed E-state index contributed by atoms with van der Waals surface area (Å²) in [5, 5.41) is 11.6. The average Bonchev–Trinajstić information content (AvgIpc) is 3.34. The molecule has 0 aliphatic heterocycles. The van der Waals surface area contributed by atoms with Gasteiger partial charge in [-0.25, -0.2) is 4.39 Å². The lowest BCUT2D eigenvalue weighted by Crippen LogP contribution is -2.77. The molecule has 1 N–H and O–H groups in total. The van der Waals surface area contributed by atoms with Crippen LogP contribution in [0.4, 0.5) is 4.39 Å². The second-order valence-electron chi connectivity index (χ2n) is 8.58. The number of nitrogens with zero attached hydrogens (tertiary/aromatic N) is 2. The van der Waals surface area contributed by atoms with Crippen LogP contribution in [-0.2, 0) is 10.2 Å². The van der Waals surface area contributed by atoms with Crippen LogP contribution < -0.4 is 10.1 Å². The fourth-order valence-corrected chi connectivity index (χ4v) is 4.74. The minimum absolute atomic E-state index is 0.0201. The zero-order chi connectivity index (χ0) is 19.5. The summed E-state index contributed by atoms with van der Waals surface area (Å²) in [5.41, 5.74) is -0.287. The maximum absolute atomic E-state index is 13.4. The molecule has 1 atom stereocenters. The van der Waals surface area contributed by atoms with E-state index >= 15 is 0 Å². The molecular formula is C20H21ClFN3O3. The summed E-state index contributed by atoms with van der Waals surface area (Å²) in [4.78, 5) is 12.2. The SMILES string of the molecule is CC(c1nnc(C23CC(NC(=O)COc4ccc(Cl)c(F)c4)(C2)C3)o1)C1CC1. The Bertz CT molecular complexity index is 923. The molecule has 4 aliphatic rings. The van der Waals surface area contributed by atoms with E-state index in [1.165, 1.54) is 31.0 Å². The molecule has 0 radical (unpaired) electrons. The van der Waals surface area contributed by atoms with E-state index in [1.54, 1.807) is 0 Å². The number of ether oxygens (including phenoxy) is 1. The van der Waals surface area contributed by atoms with Crippen molar-refractivity contribution in [3.05, 3.63) is 40.8 Å². The van der Waals surface area contributed by atoms with E-state index in [2.05, 4.69) is 22.4 Å². The molecule has 6 nitrogen and oxygen atoms in total. The van der Waals surface area contributed by atoms with Gasteiger partial charge >= 0.3 is 0 Å². The number of hydrogen-bond acceptors (Lipinski definition) is 5. The average molecular weight is 406 g/mol. The lowest BCUT2D eigenvalue weighted by molar-refractivity contribution is -0.143. The number of carbonyl (C=O) groups is 1. The van der Waals surface area contributed by atoms with E-state index in [1.807, 2.05) is 0 Å². The van der Waals surface area contributed by atoms with Crippen LogP contribution in [0.25, 0.3) is 0 Å². The van der Waals surface area contributed by atoms with Crippen molar-refractivity contribution in [3.8, 4) is 5.75 Å². The van der Waals surface area contributed by atoms with Crippen LogP contribution in [0.1, 0.15) is 56.7 Å². The summed E-state index contributed by atoms with van der Waals surface area (Å²) in [5.74, 6) is 1.93. The number of aromatic nitrogens is 2. The zero-order valence-electron chi connectivity index (χ0n) is 15.5. The van der Waals surface area contributed by atoms with E-state index in [0.29, 0.717) is 17.7 Å². The highest BCUT2D eigenvalue weighted by Gasteiger charge is 2.71. The summed E-state index contributed by atoms with van der Waals surface area (Å²) < 4.78 is 24.7. The van der Waals surface area contributed by atoms with E-state index < -0.39 is 5.82 Å². The van der Waals surface area contributed by atoms with Gasteiger partial charge in [0.05, 0.1) is 10.4 Å². The van der Waals surface area contributed by atoms with Crippen molar-refractivity contribution in [1.29, 1.82) is 0 Å². The van der Waals surface area contributed by atoms with Crippen LogP contribution in [-0.4, -0.2) is 28.3 Å². The summed E-state index contributed by atoms with van der Waals surface area (Å²) in [6.07, 6.45) is 4.90. The van der Waals surface area contributed by atoms with Crippen molar-refractivity contribution in [2.75, 3.05) is 6.61 Å². The predicted octanol–water partition coefficient (Wildman–Crippen LogP) is 3.74. The van der Waals surface area contributed by atoms with Gasteiger partial charge in [-0.15, -0.1) is 10.2 Å². The first-order valence-electron chi connectivity index (χ1n) is 9.61. The maximum atomic E-state index is 13.4. The Morgan fingerprint density at radius 2 is 2.14 bits per heavy atom. The van der Waals surface area contributed by atoms with Gasteiger partial charge in [0.1, 0.15) is 11.6 Å². The van der Waals surface area contributed by atoms with E-state index in [9.17, 15) is 9.18 Å². The van der Waals surface area contributed by atoms with E-state index in [0.717, 1.165) is 25.2 Å². The van der Waals surface area contributed by atoms with Crippen molar-refractivity contribution in [3.63, 3.8) is 0 Å². The summed E-state index contributed by atoms with van der Waals surface area (Å²) >= 11 is 5.64. The number of rotatable bonds is 7. The van der Waals surface area contributed by atoms with Crippen LogP contribution in [0.15, 0.2) is 22.6 Å². The van der Waals surface area contributed by atoms with Gasteiger partial charge in [-0.05, 0) is 50.2 Å². The van der Waals surface area contributed by atoms with Gasteiger partial charge in [0.25, 0.3) is 5.91 Å². The quantitative estimate of drug-likeness (QED) is 0.759. The minimum atomic E-state index is -0.573. The van der Waals surface area contributed by atoms with Gasteiger partial charge in [0, 0.05) is 17.5 Å². The Kier molecular flexibility index (Phi) is 3.95. The number of halogens is 2. The fraction of sp³-hybridized carbons (Fsp3) is 0.550. The highest BCUT2D eigenvalue weighted by atomic mass is 35.5. The molecule has 4 aliphatic carbocycles. The van der Waals surface area contributed by atoms with Crippen molar-refractivity contribution in [1.82, 2.24) is 15.5 Å². The molecule has 4 fully saturated rings. The Morgan fingerprint density at radius 3 is 2.82 bits per heavy atom. The fourth-order valence-electron chi connectivity index (χ4n) is 4.63. The molecular weight excluding hydrogens is 385 g/mol. The summed E-state index contributed by atoms with van der Waals surface area (Å²) in [6.45, 7) is 1.98. The van der Waals surface area contributed by atoms with Crippen molar-refractivity contribution < 1.29 is 18.3 Å². The molecule has 1 heterocycles. The van der Waals surface area contributed by atoms with Crippen LogP contribution in [0, 0.1) is 11.7 Å². The number of benzene rings is 1. The highest BCUT2D eigenvalue weighted by molar-refractivity contribution is 6.30. The molecule has 0 saturated heterocycles. The number of hydrogen-bond donors (Lipinski definition) is 1. The van der Waals surface area contributed by atoms with E-state index in [-0.39, 0.29) is 34.2 Å². The molecule has 2 bridgehead atoms. The second kappa shape index (κ2) is 6.17. The highest BCUT2D eigenvalue weighted by Crippen LogP contribution is 2.67. The second-order valence-corrected chi connectivity index (χ2v) is 8.98. The molecule has 1 amide bonds. The minimum Gasteiger partial charge on any atom is -0.484 e. The van der Waals surface area contributed by atoms with Crippen LogP contribution in [0.2, 0.25) is 5.02 Å². The molecule has 148 valence electrons.